The van der Waals surface area contributed by atoms with Gasteiger partial charge in [0.2, 0.25) is 0 Å². The Bertz CT molecular complexity index is 690. The normalized spacial score (nSPS) is 10.5. The number of nitrogens with one attached hydrogen (secondary N) is 2. The summed E-state index contributed by atoms with van der Waals surface area (Å²) in [7, 11) is 0. The second kappa shape index (κ2) is 7.59. The third kappa shape index (κ3) is 4.07. The Morgan fingerprint density at radius 3 is 2.59 bits per heavy atom. The van der Waals surface area contributed by atoms with Crippen molar-refractivity contribution in [2.24, 2.45) is 0 Å². The summed E-state index contributed by atoms with van der Waals surface area (Å²) in [6.07, 6.45) is 2.52. The molecule has 22 heavy (non-hydrogen) atoms. The summed E-state index contributed by atoms with van der Waals surface area (Å²) in [5, 5.41) is 2.81. The van der Waals surface area contributed by atoms with Crippen molar-refractivity contribution in [2.75, 3.05) is 6.54 Å². The largest absolute Gasteiger partial charge is 0.352 e. The molecule has 2 aromatic rings. The Morgan fingerprint density at radius 1 is 1.18 bits per heavy atom. The van der Waals surface area contributed by atoms with Crippen LogP contribution < -0.4 is 10.9 Å². The van der Waals surface area contributed by atoms with Crippen molar-refractivity contribution in [3.05, 3.63) is 69.1 Å². The average Bonchev–Trinajstić information content (AvgIpc) is 2.51. The SMILES string of the molecule is CCCc1[nH]c(=O)c(C(=O)NCCc2ccccc2)cc1C. The minimum atomic E-state index is -0.316. The molecule has 0 saturated carbocycles. The molecule has 0 fully saturated rings. The zero-order chi connectivity index (χ0) is 15.9. The summed E-state index contributed by atoms with van der Waals surface area (Å²) in [6, 6.07) is 11.6. The van der Waals surface area contributed by atoms with Gasteiger partial charge in [0.25, 0.3) is 11.5 Å². The summed E-state index contributed by atoms with van der Waals surface area (Å²) < 4.78 is 0. The maximum Gasteiger partial charge on any atom is 0.261 e. The van der Waals surface area contributed by atoms with Gasteiger partial charge in [-0.2, -0.15) is 0 Å². The van der Waals surface area contributed by atoms with Gasteiger partial charge >= 0.3 is 0 Å². The molecule has 116 valence electrons. The van der Waals surface area contributed by atoms with Gasteiger partial charge in [0, 0.05) is 12.2 Å². The van der Waals surface area contributed by atoms with Gasteiger partial charge < -0.3 is 10.3 Å². The predicted octanol–water partition coefficient (Wildman–Crippen LogP) is 2.61. The molecule has 0 spiro atoms. The van der Waals surface area contributed by atoms with E-state index in [1.54, 1.807) is 6.07 Å². The van der Waals surface area contributed by atoms with Gasteiger partial charge in [0.1, 0.15) is 5.56 Å². The molecule has 0 radical (unpaired) electrons. The number of H-pyrrole nitrogens is 1. The monoisotopic (exact) mass is 298 g/mol. The van der Waals surface area contributed by atoms with E-state index in [1.807, 2.05) is 37.3 Å². The molecule has 0 atom stereocenters. The van der Waals surface area contributed by atoms with Gasteiger partial charge in [-0.1, -0.05) is 43.7 Å². The van der Waals surface area contributed by atoms with Crippen LogP contribution in [0.5, 0.6) is 0 Å². The van der Waals surface area contributed by atoms with E-state index in [9.17, 15) is 9.59 Å². The number of benzene rings is 1. The molecule has 1 aromatic heterocycles. The zero-order valence-corrected chi connectivity index (χ0v) is 13.1. The summed E-state index contributed by atoms with van der Waals surface area (Å²) in [5.41, 5.74) is 2.89. The first-order valence-corrected chi connectivity index (χ1v) is 7.66. The number of carbonyl (C=O) groups is 1. The van der Waals surface area contributed by atoms with Gasteiger partial charge in [-0.3, -0.25) is 9.59 Å². The number of hydrogen-bond acceptors (Lipinski definition) is 2. The van der Waals surface area contributed by atoms with Crippen LogP contribution in [0.25, 0.3) is 0 Å². The van der Waals surface area contributed by atoms with E-state index in [2.05, 4.69) is 17.2 Å². The highest BCUT2D eigenvalue weighted by atomic mass is 16.2. The van der Waals surface area contributed by atoms with Crippen LogP contribution in [-0.2, 0) is 12.8 Å². The van der Waals surface area contributed by atoms with Crippen molar-refractivity contribution in [1.82, 2.24) is 10.3 Å². The van der Waals surface area contributed by atoms with Crippen molar-refractivity contribution in [1.29, 1.82) is 0 Å². The highest BCUT2D eigenvalue weighted by Gasteiger charge is 2.12. The van der Waals surface area contributed by atoms with Crippen molar-refractivity contribution in [2.45, 2.75) is 33.1 Å². The van der Waals surface area contributed by atoms with Gasteiger partial charge in [0.15, 0.2) is 0 Å². The second-order valence-corrected chi connectivity index (χ2v) is 5.42. The quantitative estimate of drug-likeness (QED) is 0.861. The fourth-order valence-corrected chi connectivity index (χ4v) is 2.41. The average molecular weight is 298 g/mol. The summed E-state index contributed by atoms with van der Waals surface area (Å²) in [4.78, 5) is 27.0. The molecule has 0 aliphatic heterocycles. The molecule has 0 aliphatic carbocycles. The molecule has 1 amide bonds. The van der Waals surface area contributed by atoms with Gasteiger partial charge in [-0.25, -0.2) is 0 Å². The van der Waals surface area contributed by atoms with Gasteiger partial charge in [-0.05, 0) is 37.0 Å². The van der Waals surface area contributed by atoms with E-state index in [4.69, 9.17) is 0 Å². The third-order valence-electron chi connectivity index (χ3n) is 3.63. The molecular formula is C18H22N2O2. The van der Waals surface area contributed by atoms with Crippen molar-refractivity contribution in [3.63, 3.8) is 0 Å². The maximum atomic E-state index is 12.1. The molecule has 4 nitrogen and oxygen atoms in total. The lowest BCUT2D eigenvalue weighted by Crippen LogP contribution is -2.31. The fourth-order valence-electron chi connectivity index (χ4n) is 2.41. The van der Waals surface area contributed by atoms with E-state index in [0.717, 1.165) is 36.1 Å². The number of rotatable bonds is 6. The number of aromatic amines is 1. The molecule has 2 N–H and O–H groups in total. The Labute approximate surface area is 130 Å². The molecule has 1 aromatic carbocycles. The first-order chi connectivity index (χ1) is 10.6. The lowest BCUT2D eigenvalue weighted by atomic mass is 10.1. The smallest absolute Gasteiger partial charge is 0.261 e. The van der Waals surface area contributed by atoms with E-state index in [0.29, 0.717) is 6.54 Å². The van der Waals surface area contributed by atoms with Crippen LogP contribution in [0, 0.1) is 6.92 Å². The van der Waals surface area contributed by atoms with E-state index in [-0.39, 0.29) is 17.0 Å². The Balaban J connectivity index is 2.00. The fraction of sp³-hybridized carbons (Fsp3) is 0.333. The van der Waals surface area contributed by atoms with Crippen molar-refractivity contribution in [3.8, 4) is 0 Å². The lowest BCUT2D eigenvalue weighted by molar-refractivity contribution is 0.0952. The topological polar surface area (TPSA) is 62.0 Å². The van der Waals surface area contributed by atoms with Crippen molar-refractivity contribution >= 4 is 5.91 Å². The minimum Gasteiger partial charge on any atom is -0.352 e. The van der Waals surface area contributed by atoms with Crippen LogP contribution in [-0.4, -0.2) is 17.4 Å². The standard InChI is InChI=1S/C18H22N2O2/c1-3-7-16-13(2)12-15(18(22)20-16)17(21)19-11-10-14-8-5-4-6-9-14/h4-6,8-9,12H,3,7,10-11H2,1-2H3,(H,19,21)(H,20,22). The highest BCUT2D eigenvalue weighted by Crippen LogP contribution is 2.07. The van der Waals surface area contributed by atoms with Crippen LogP contribution in [0.2, 0.25) is 0 Å². The maximum absolute atomic E-state index is 12.1. The number of aryl methyl sites for hydroxylation is 2. The van der Waals surface area contributed by atoms with E-state index >= 15 is 0 Å². The first-order valence-electron chi connectivity index (χ1n) is 7.66. The molecule has 1 heterocycles. The lowest BCUT2D eigenvalue weighted by Gasteiger charge is -2.08. The number of hydrogen-bond donors (Lipinski definition) is 2. The number of amides is 1. The van der Waals surface area contributed by atoms with E-state index < -0.39 is 0 Å². The van der Waals surface area contributed by atoms with Crippen LogP contribution in [0.1, 0.15) is 40.5 Å². The van der Waals surface area contributed by atoms with Crippen LogP contribution in [0.15, 0.2) is 41.2 Å². The van der Waals surface area contributed by atoms with Crippen LogP contribution in [0.4, 0.5) is 0 Å². The predicted molar refractivity (Wildman–Crippen MR) is 88.3 cm³/mol. The van der Waals surface area contributed by atoms with Crippen molar-refractivity contribution < 1.29 is 4.79 Å². The number of aromatic nitrogens is 1. The van der Waals surface area contributed by atoms with Gasteiger partial charge in [-0.15, -0.1) is 0 Å². The molecule has 0 unspecified atom stereocenters. The number of pyridine rings is 1. The zero-order valence-electron chi connectivity index (χ0n) is 13.1. The Kier molecular flexibility index (Phi) is 5.53. The van der Waals surface area contributed by atoms with Crippen LogP contribution in [0.3, 0.4) is 0 Å². The number of carbonyl (C=O) groups excluding carboxylic acids is 1. The molecule has 2 rings (SSSR count). The summed E-state index contributed by atoms with van der Waals surface area (Å²) in [6.45, 7) is 4.49. The second-order valence-electron chi connectivity index (χ2n) is 5.42. The molecule has 4 heteroatoms. The summed E-state index contributed by atoms with van der Waals surface area (Å²) in [5.74, 6) is -0.316. The molecule has 0 saturated heterocycles. The Hall–Kier alpha value is -2.36. The minimum absolute atomic E-state index is 0.186. The molecule has 0 aliphatic rings. The summed E-state index contributed by atoms with van der Waals surface area (Å²) >= 11 is 0. The van der Waals surface area contributed by atoms with E-state index in [1.165, 1.54) is 0 Å². The first kappa shape index (κ1) is 16.0. The third-order valence-corrected chi connectivity index (χ3v) is 3.63. The molecule has 0 bridgehead atoms. The Morgan fingerprint density at radius 2 is 1.91 bits per heavy atom. The highest BCUT2D eigenvalue weighted by molar-refractivity contribution is 5.94. The van der Waals surface area contributed by atoms with Crippen LogP contribution >= 0.6 is 0 Å². The molecular weight excluding hydrogens is 276 g/mol. The van der Waals surface area contributed by atoms with Gasteiger partial charge in [0.05, 0.1) is 0 Å².